The Morgan fingerprint density at radius 2 is 2.19 bits per heavy atom. The van der Waals surface area contributed by atoms with Crippen LogP contribution in [0.2, 0.25) is 0 Å². The first kappa shape index (κ1) is 9.96. The van der Waals surface area contributed by atoms with Crippen LogP contribution in [0.3, 0.4) is 0 Å². The fourth-order valence-corrected chi connectivity index (χ4v) is 3.15. The summed E-state index contributed by atoms with van der Waals surface area (Å²) in [6.07, 6.45) is 4.26. The first-order valence-electron chi connectivity index (χ1n) is 5.52. The van der Waals surface area contributed by atoms with Crippen molar-refractivity contribution >= 4 is 23.1 Å². The topological polar surface area (TPSA) is 56.2 Å². The lowest BCUT2D eigenvalue weighted by Gasteiger charge is -2.17. The maximum absolute atomic E-state index is 5.73. The average molecular weight is 234 g/mol. The minimum absolute atomic E-state index is 0.530. The Kier molecular flexibility index (Phi) is 2.47. The molecule has 5 heteroatoms. The lowest BCUT2D eigenvalue weighted by atomic mass is 10.0. The molecular weight excluding hydrogens is 220 g/mol. The van der Waals surface area contributed by atoms with Gasteiger partial charge in [-0.3, -0.25) is 0 Å². The van der Waals surface area contributed by atoms with E-state index < -0.39 is 0 Å². The summed E-state index contributed by atoms with van der Waals surface area (Å²) in [6.45, 7) is 0. The molecule has 0 amide bonds. The fraction of sp³-hybridized carbons (Fsp3) is 0.455. The summed E-state index contributed by atoms with van der Waals surface area (Å²) in [6, 6.07) is 3.72. The van der Waals surface area contributed by atoms with Crippen LogP contribution in [0.5, 0.6) is 0 Å². The van der Waals surface area contributed by atoms with Crippen LogP contribution >= 0.6 is 11.8 Å². The van der Waals surface area contributed by atoms with Crippen molar-refractivity contribution in [2.45, 2.75) is 18.8 Å². The molecule has 16 heavy (non-hydrogen) atoms. The van der Waals surface area contributed by atoms with Crippen LogP contribution in [-0.2, 0) is 0 Å². The summed E-state index contributed by atoms with van der Waals surface area (Å²) in [5, 5.41) is 4.52. The molecule has 3 rings (SSSR count). The number of fused-ring (bicyclic) bond motifs is 1. The zero-order valence-electron chi connectivity index (χ0n) is 8.97. The number of rotatable bonds is 1. The third kappa shape index (κ3) is 1.75. The van der Waals surface area contributed by atoms with E-state index in [9.17, 15) is 0 Å². The van der Waals surface area contributed by atoms with E-state index in [0.717, 1.165) is 17.2 Å². The van der Waals surface area contributed by atoms with E-state index >= 15 is 0 Å². The highest BCUT2D eigenvalue weighted by Gasteiger charge is 2.19. The second-order valence-electron chi connectivity index (χ2n) is 4.12. The van der Waals surface area contributed by atoms with Gasteiger partial charge in [0.15, 0.2) is 11.5 Å². The van der Waals surface area contributed by atoms with E-state index in [1.165, 1.54) is 24.3 Å². The molecule has 1 fully saturated rings. The molecule has 3 heterocycles. The number of thioether (sulfide) groups is 1. The van der Waals surface area contributed by atoms with E-state index in [1.807, 2.05) is 34.6 Å². The molecule has 0 spiro atoms. The molecule has 2 N–H and O–H groups in total. The van der Waals surface area contributed by atoms with Gasteiger partial charge in [-0.05, 0) is 30.4 Å². The molecule has 0 radical (unpaired) electrons. The number of nitrogen functional groups attached to an aromatic ring is 1. The number of nitrogens with two attached hydrogens (primary N) is 1. The molecule has 0 atom stereocenters. The zero-order valence-corrected chi connectivity index (χ0v) is 9.78. The van der Waals surface area contributed by atoms with E-state index in [4.69, 9.17) is 5.73 Å². The second-order valence-corrected chi connectivity index (χ2v) is 5.34. The molecule has 84 valence electrons. The highest BCUT2D eigenvalue weighted by Crippen LogP contribution is 2.29. The molecule has 0 bridgehead atoms. The smallest absolute Gasteiger partial charge is 0.157 e. The Bertz CT molecular complexity index is 502. The molecule has 0 aromatic carbocycles. The molecule has 2 aromatic rings. The summed E-state index contributed by atoms with van der Waals surface area (Å²) < 4.78 is 1.81. The van der Waals surface area contributed by atoms with Gasteiger partial charge >= 0.3 is 0 Å². The van der Waals surface area contributed by atoms with Gasteiger partial charge in [-0.1, -0.05) is 0 Å². The van der Waals surface area contributed by atoms with E-state index in [1.54, 1.807) is 0 Å². The molecule has 4 nitrogen and oxygen atoms in total. The molecule has 0 aliphatic carbocycles. The van der Waals surface area contributed by atoms with Crippen molar-refractivity contribution in [3.63, 3.8) is 0 Å². The number of anilines is 1. The minimum atomic E-state index is 0.530. The van der Waals surface area contributed by atoms with Crippen molar-refractivity contribution in [2.75, 3.05) is 17.2 Å². The Morgan fingerprint density at radius 3 is 3.00 bits per heavy atom. The van der Waals surface area contributed by atoms with Crippen molar-refractivity contribution in [1.29, 1.82) is 0 Å². The van der Waals surface area contributed by atoms with Gasteiger partial charge in [-0.15, -0.1) is 0 Å². The predicted octanol–water partition coefficient (Wildman–Crippen LogP) is 1.92. The summed E-state index contributed by atoms with van der Waals surface area (Å²) in [5.41, 5.74) is 7.32. The fourth-order valence-electron chi connectivity index (χ4n) is 2.04. The van der Waals surface area contributed by atoms with Crippen LogP contribution in [0.15, 0.2) is 18.3 Å². The first-order chi connectivity index (χ1) is 7.83. The zero-order chi connectivity index (χ0) is 11.0. The van der Waals surface area contributed by atoms with Crippen LogP contribution < -0.4 is 5.73 Å². The van der Waals surface area contributed by atoms with Crippen LogP contribution in [-0.4, -0.2) is 26.1 Å². The monoisotopic (exact) mass is 234 g/mol. The van der Waals surface area contributed by atoms with Gasteiger partial charge in [0.1, 0.15) is 0 Å². The lowest BCUT2D eigenvalue weighted by molar-refractivity contribution is 0.598. The highest BCUT2D eigenvalue weighted by molar-refractivity contribution is 7.99. The molecule has 1 saturated heterocycles. The summed E-state index contributed by atoms with van der Waals surface area (Å²) in [5.74, 6) is 3.96. The van der Waals surface area contributed by atoms with Crippen molar-refractivity contribution in [2.24, 2.45) is 0 Å². The lowest BCUT2D eigenvalue weighted by Crippen LogP contribution is -2.09. The van der Waals surface area contributed by atoms with Gasteiger partial charge in [0.05, 0.1) is 0 Å². The van der Waals surface area contributed by atoms with Crippen LogP contribution in [0.1, 0.15) is 24.6 Å². The van der Waals surface area contributed by atoms with Gasteiger partial charge < -0.3 is 5.73 Å². The molecule has 0 saturated carbocycles. The summed E-state index contributed by atoms with van der Waals surface area (Å²) >= 11 is 2.02. The first-order valence-corrected chi connectivity index (χ1v) is 6.68. The third-order valence-corrected chi connectivity index (χ3v) is 4.01. The normalized spacial score (nSPS) is 18.0. The molecule has 0 unspecified atom stereocenters. The van der Waals surface area contributed by atoms with Gasteiger partial charge in [0.25, 0.3) is 0 Å². The maximum Gasteiger partial charge on any atom is 0.157 e. The third-order valence-electron chi connectivity index (χ3n) is 2.96. The second kappa shape index (κ2) is 3.97. The van der Waals surface area contributed by atoms with Crippen molar-refractivity contribution in [3.05, 3.63) is 24.2 Å². The standard InChI is InChI=1S/C11H14N4S/c12-9-1-4-15-10(7-9)13-11(14-15)8-2-5-16-6-3-8/h1,4,7-8H,2-3,5-6,12H2. The number of hydrogen-bond donors (Lipinski definition) is 1. The maximum atomic E-state index is 5.73. The number of pyridine rings is 1. The Morgan fingerprint density at radius 1 is 1.38 bits per heavy atom. The molecule has 1 aliphatic rings. The van der Waals surface area contributed by atoms with Crippen molar-refractivity contribution in [1.82, 2.24) is 14.6 Å². The van der Waals surface area contributed by atoms with E-state index in [0.29, 0.717) is 5.92 Å². The van der Waals surface area contributed by atoms with Crippen LogP contribution in [0, 0.1) is 0 Å². The van der Waals surface area contributed by atoms with Gasteiger partial charge in [0, 0.05) is 23.9 Å². The Balaban J connectivity index is 1.97. The molecular formula is C11H14N4S. The Labute approximate surface area is 98.2 Å². The van der Waals surface area contributed by atoms with Gasteiger partial charge in [-0.25, -0.2) is 9.50 Å². The molecule has 1 aliphatic heterocycles. The van der Waals surface area contributed by atoms with E-state index in [-0.39, 0.29) is 0 Å². The van der Waals surface area contributed by atoms with Crippen molar-refractivity contribution < 1.29 is 0 Å². The predicted molar refractivity (Wildman–Crippen MR) is 66.7 cm³/mol. The highest BCUT2D eigenvalue weighted by atomic mass is 32.2. The largest absolute Gasteiger partial charge is 0.399 e. The number of aromatic nitrogens is 3. The van der Waals surface area contributed by atoms with Crippen molar-refractivity contribution in [3.8, 4) is 0 Å². The van der Waals surface area contributed by atoms with Crippen LogP contribution in [0.4, 0.5) is 5.69 Å². The van der Waals surface area contributed by atoms with Gasteiger partial charge in [-0.2, -0.15) is 16.9 Å². The van der Waals surface area contributed by atoms with E-state index in [2.05, 4.69) is 10.1 Å². The summed E-state index contributed by atoms with van der Waals surface area (Å²) in [7, 11) is 0. The summed E-state index contributed by atoms with van der Waals surface area (Å²) in [4.78, 5) is 4.56. The average Bonchev–Trinajstić information content (AvgIpc) is 2.73. The Hall–Kier alpha value is -1.23. The quantitative estimate of drug-likeness (QED) is 0.819. The van der Waals surface area contributed by atoms with Gasteiger partial charge in [0.2, 0.25) is 0 Å². The number of nitrogens with zero attached hydrogens (tertiary/aromatic N) is 3. The molecule has 2 aromatic heterocycles. The van der Waals surface area contributed by atoms with Crippen LogP contribution in [0.25, 0.3) is 5.65 Å². The minimum Gasteiger partial charge on any atom is -0.399 e. The SMILES string of the molecule is Nc1ccn2nc(C3CCSCC3)nc2c1. The number of hydrogen-bond acceptors (Lipinski definition) is 4.